The Morgan fingerprint density at radius 1 is 1.04 bits per heavy atom. The summed E-state index contributed by atoms with van der Waals surface area (Å²) in [6.45, 7) is 0.755. The number of amides is 2. The summed E-state index contributed by atoms with van der Waals surface area (Å²) >= 11 is 6.09. The highest BCUT2D eigenvalue weighted by molar-refractivity contribution is 6.31. The molecular formula is C18H19ClN2O2. The molecule has 120 valence electrons. The third-order valence-corrected chi connectivity index (χ3v) is 3.82. The molecule has 0 aliphatic rings. The lowest BCUT2D eigenvalue weighted by Gasteiger charge is -2.18. The van der Waals surface area contributed by atoms with Crippen molar-refractivity contribution in [3.63, 3.8) is 0 Å². The van der Waals surface area contributed by atoms with Gasteiger partial charge in [0.1, 0.15) is 0 Å². The number of hydrogen-bond donors (Lipinski definition) is 1. The zero-order chi connectivity index (χ0) is 16.7. The lowest BCUT2D eigenvalue weighted by molar-refractivity contribution is -0.130. The highest BCUT2D eigenvalue weighted by Crippen LogP contribution is 2.16. The molecule has 5 heteroatoms. The molecule has 1 N–H and O–H groups in total. The van der Waals surface area contributed by atoms with Crippen molar-refractivity contribution in [2.24, 2.45) is 0 Å². The molecule has 2 aromatic rings. The van der Waals surface area contributed by atoms with Crippen LogP contribution in [0.15, 0.2) is 54.6 Å². The predicted molar refractivity (Wildman–Crippen MR) is 91.3 cm³/mol. The van der Waals surface area contributed by atoms with E-state index >= 15 is 0 Å². The molecule has 2 aromatic carbocycles. The van der Waals surface area contributed by atoms with Gasteiger partial charge in [0.05, 0.1) is 0 Å². The number of carbonyl (C=O) groups excluding carboxylic acids is 2. The van der Waals surface area contributed by atoms with E-state index in [1.165, 1.54) is 0 Å². The van der Waals surface area contributed by atoms with Gasteiger partial charge in [-0.15, -0.1) is 0 Å². The standard InChI is InChI=1S/C18H19ClN2O2/c1-21(13-15-9-5-6-10-16(15)19)17(22)11-12-20-18(23)14-7-3-2-4-8-14/h2-10H,11-13H2,1H3,(H,20,23). The maximum absolute atomic E-state index is 12.1. The number of halogens is 1. The van der Waals surface area contributed by atoms with Crippen LogP contribution in [-0.2, 0) is 11.3 Å². The number of benzene rings is 2. The van der Waals surface area contributed by atoms with Gasteiger partial charge in [-0.1, -0.05) is 48.0 Å². The van der Waals surface area contributed by atoms with Crippen LogP contribution in [-0.4, -0.2) is 30.3 Å². The lowest BCUT2D eigenvalue weighted by Crippen LogP contribution is -2.31. The SMILES string of the molecule is CN(Cc1ccccc1Cl)C(=O)CCNC(=O)c1ccccc1. The van der Waals surface area contributed by atoms with Crippen molar-refractivity contribution in [3.05, 3.63) is 70.7 Å². The van der Waals surface area contributed by atoms with E-state index in [0.29, 0.717) is 23.7 Å². The molecule has 0 bridgehead atoms. The first kappa shape index (κ1) is 17.0. The fourth-order valence-electron chi connectivity index (χ4n) is 2.14. The van der Waals surface area contributed by atoms with Crippen molar-refractivity contribution in [2.75, 3.05) is 13.6 Å². The molecule has 0 aliphatic carbocycles. The highest BCUT2D eigenvalue weighted by Gasteiger charge is 2.11. The molecule has 0 fully saturated rings. The number of nitrogens with one attached hydrogen (secondary N) is 1. The quantitative estimate of drug-likeness (QED) is 0.884. The van der Waals surface area contributed by atoms with Crippen LogP contribution in [0.2, 0.25) is 5.02 Å². The van der Waals surface area contributed by atoms with Crippen LogP contribution < -0.4 is 5.32 Å². The van der Waals surface area contributed by atoms with Gasteiger partial charge < -0.3 is 10.2 Å². The zero-order valence-electron chi connectivity index (χ0n) is 13.0. The summed E-state index contributed by atoms with van der Waals surface area (Å²) < 4.78 is 0. The van der Waals surface area contributed by atoms with Crippen LogP contribution in [0.25, 0.3) is 0 Å². The van der Waals surface area contributed by atoms with E-state index in [1.807, 2.05) is 24.3 Å². The van der Waals surface area contributed by atoms with Crippen molar-refractivity contribution in [1.82, 2.24) is 10.2 Å². The predicted octanol–water partition coefficient (Wildman–Crippen LogP) is 3.12. The average molecular weight is 331 g/mol. The molecule has 0 spiro atoms. The Morgan fingerprint density at radius 2 is 1.70 bits per heavy atom. The molecule has 2 amide bonds. The summed E-state index contributed by atoms with van der Waals surface area (Å²) in [5.74, 6) is -0.217. The molecule has 0 unspecified atom stereocenters. The monoisotopic (exact) mass is 330 g/mol. The van der Waals surface area contributed by atoms with Crippen LogP contribution >= 0.6 is 11.6 Å². The Balaban J connectivity index is 1.78. The Kier molecular flexibility index (Phi) is 6.18. The van der Waals surface area contributed by atoms with Gasteiger partial charge in [-0.2, -0.15) is 0 Å². The van der Waals surface area contributed by atoms with E-state index in [0.717, 1.165) is 5.56 Å². The first-order valence-corrected chi connectivity index (χ1v) is 7.76. The molecule has 0 atom stereocenters. The van der Waals surface area contributed by atoms with Crippen molar-refractivity contribution >= 4 is 23.4 Å². The van der Waals surface area contributed by atoms with Crippen LogP contribution in [0, 0.1) is 0 Å². The summed E-state index contributed by atoms with van der Waals surface area (Å²) in [5, 5.41) is 3.39. The number of nitrogens with zero attached hydrogens (tertiary/aromatic N) is 1. The Hall–Kier alpha value is -2.33. The van der Waals surface area contributed by atoms with Gasteiger partial charge >= 0.3 is 0 Å². The van der Waals surface area contributed by atoms with Crippen LogP contribution in [0.5, 0.6) is 0 Å². The largest absolute Gasteiger partial charge is 0.352 e. The Bertz CT molecular complexity index is 674. The van der Waals surface area contributed by atoms with Gasteiger partial charge in [-0.3, -0.25) is 9.59 Å². The molecule has 0 saturated heterocycles. The van der Waals surface area contributed by atoms with Crippen molar-refractivity contribution in [2.45, 2.75) is 13.0 Å². The molecule has 4 nitrogen and oxygen atoms in total. The number of rotatable bonds is 6. The molecule has 23 heavy (non-hydrogen) atoms. The number of carbonyl (C=O) groups is 2. The molecule has 0 heterocycles. The van der Waals surface area contributed by atoms with Crippen LogP contribution in [0.3, 0.4) is 0 Å². The smallest absolute Gasteiger partial charge is 0.251 e. The molecule has 2 rings (SSSR count). The van der Waals surface area contributed by atoms with Gasteiger partial charge in [0.2, 0.25) is 5.91 Å². The molecular weight excluding hydrogens is 312 g/mol. The van der Waals surface area contributed by atoms with Crippen molar-refractivity contribution in [3.8, 4) is 0 Å². The summed E-state index contributed by atoms with van der Waals surface area (Å²) in [7, 11) is 1.73. The van der Waals surface area contributed by atoms with Gasteiger partial charge in [-0.05, 0) is 23.8 Å². The van der Waals surface area contributed by atoms with E-state index in [4.69, 9.17) is 11.6 Å². The maximum atomic E-state index is 12.1. The van der Waals surface area contributed by atoms with Gasteiger partial charge in [0.15, 0.2) is 0 Å². The van der Waals surface area contributed by atoms with E-state index in [1.54, 1.807) is 42.3 Å². The summed E-state index contributed by atoms with van der Waals surface area (Å²) in [6, 6.07) is 16.4. The number of hydrogen-bond acceptors (Lipinski definition) is 2. The molecule has 0 radical (unpaired) electrons. The Morgan fingerprint density at radius 3 is 2.39 bits per heavy atom. The first-order chi connectivity index (χ1) is 11.1. The molecule has 0 aromatic heterocycles. The van der Waals surface area contributed by atoms with E-state index in [-0.39, 0.29) is 18.2 Å². The second kappa shape index (κ2) is 8.34. The van der Waals surface area contributed by atoms with Crippen LogP contribution in [0.1, 0.15) is 22.3 Å². The van der Waals surface area contributed by atoms with Crippen LogP contribution in [0.4, 0.5) is 0 Å². The molecule has 0 saturated carbocycles. The zero-order valence-corrected chi connectivity index (χ0v) is 13.7. The minimum absolute atomic E-state index is 0.0433. The maximum Gasteiger partial charge on any atom is 0.251 e. The summed E-state index contributed by atoms with van der Waals surface area (Å²) in [6.07, 6.45) is 0.250. The van der Waals surface area contributed by atoms with Crippen molar-refractivity contribution in [1.29, 1.82) is 0 Å². The van der Waals surface area contributed by atoms with E-state index in [2.05, 4.69) is 5.32 Å². The van der Waals surface area contributed by atoms with Crippen molar-refractivity contribution < 1.29 is 9.59 Å². The third kappa shape index (κ3) is 5.11. The van der Waals surface area contributed by atoms with Gasteiger partial charge in [0, 0.05) is 37.1 Å². The first-order valence-electron chi connectivity index (χ1n) is 7.38. The minimum atomic E-state index is -0.174. The Labute approximate surface area is 141 Å². The van der Waals surface area contributed by atoms with Gasteiger partial charge in [-0.25, -0.2) is 0 Å². The summed E-state index contributed by atoms with van der Waals surface area (Å²) in [4.78, 5) is 25.6. The van der Waals surface area contributed by atoms with E-state index in [9.17, 15) is 9.59 Å². The average Bonchev–Trinajstić information content (AvgIpc) is 2.57. The summed E-state index contributed by atoms with van der Waals surface area (Å²) in [5.41, 5.74) is 1.49. The topological polar surface area (TPSA) is 49.4 Å². The lowest BCUT2D eigenvalue weighted by atomic mass is 10.2. The van der Waals surface area contributed by atoms with E-state index < -0.39 is 0 Å². The minimum Gasteiger partial charge on any atom is -0.352 e. The molecule has 0 aliphatic heterocycles. The van der Waals surface area contributed by atoms with Gasteiger partial charge in [0.25, 0.3) is 5.91 Å². The third-order valence-electron chi connectivity index (χ3n) is 3.45. The second-order valence-electron chi connectivity index (χ2n) is 5.21. The normalized spacial score (nSPS) is 10.2. The highest BCUT2D eigenvalue weighted by atomic mass is 35.5. The fourth-order valence-corrected chi connectivity index (χ4v) is 2.33. The fraction of sp³-hybridized carbons (Fsp3) is 0.222. The second-order valence-corrected chi connectivity index (χ2v) is 5.62.